The quantitative estimate of drug-likeness (QED) is 0.919. The Morgan fingerprint density at radius 1 is 1.40 bits per heavy atom. The lowest BCUT2D eigenvalue weighted by atomic mass is 9.99. The van der Waals surface area contributed by atoms with Crippen LogP contribution in [0.4, 0.5) is 0 Å². The van der Waals surface area contributed by atoms with E-state index in [-0.39, 0.29) is 0 Å². The van der Waals surface area contributed by atoms with Crippen LogP contribution in [0.3, 0.4) is 0 Å². The molecule has 5 heteroatoms. The second-order valence-corrected chi connectivity index (χ2v) is 5.45. The third kappa shape index (κ3) is 2.34. The summed E-state index contributed by atoms with van der Waals surface area (Å²) in [6.45, 7) is 1.82. The normalized spacial score (nSPS) is 23.4. The topological polar surface area (TPSA) is 64.3 Å². The molecule has 0 saturated carbocycles. The monoisotopic (exact) mass is 272 g/mol. The first kappa shape index (κ1) is 13.3. The van der Waals surface area contributed by atoms with Crippen LogP contribution >= 0.6 is 0 Å². The highest BCUT2D eigenvalue weighted by atomic mass is 16.5. The van der Waals surface area contributed by atoms with E-state index in [1.807, 2.05) is 6.07 Å². The van der Waals surface area contributed by atoms with Crippen molar-refractivity contribution in [3.8, 4) is 5.88 Å². The fraction of sp³-hybridized carbons (Fsp3) is 0.467. The van der Waals surface area contributed by atoms with E-state index in [9.17, 15) is 0 Å². The van der Waals surface area contributed by atoms with Crippen molar-refractivity contribution < 1.29 is 4.74 Å². The SMILES string of the molecule is COc1cnc2cc(C3CC(CN)CN3C)ccc2n1. The minimum Gasteiger partial charge on any atom is -0.480 e. The number of hydrogen-bond acceptors (Lipinski definition) is 5. The van der Waals surface area contributed by atoms with Crippen molar-refractivity contribution in [2.24, 2.45) is 11.7 Å². The summed E-state index contributed by atoms with van der Waals surface area (Å²) in [5.41, 5.74) is 8.86. The summed E-state index contributed by atoms with van der Waals surface area (Å²) < 4.78 is 5.10. The van der Waals surface area contributed by atoms with Gasteiger partial charge in [0.2, 0.25) is 5.88 Å². The molecule has 2 aromatic rings. The molecular formula is C15H20N4O. The third-order valence-electron chi connectivity index (χ3n) is 4.11. The number of likely N-dealkylation sites (tertiary alicyclic amines) is 1. The standard InChI is InChI=1S/C15H20N4O/c1-19-9-10(7-16)5-14(19)11-3-4-12-13(6-11)17-8-15(18-12)20-2/h3-4,6,8,10,14H,5,7,9,16H2,1-2H3. The van der Waals surface area contributed by atoms with E-state index >= 15 is 0 Å². The summed E-state index contributed by atoms with van der Waals surface area (Å²) >= 11 is 0. The maximum absolute atomic E-state index is 5.80. The van der Waals surface area contributed by atoms with Crippen molar-refractivity contribution in [1.82, 2.24) is 14.9 Å². The smallest absolute Gasteiger partial charge is 0.232 e. The average molecular weight is 272 g/mol. The van der Waals surface area contributed by atoms with Crippen LogP contribution < -0.4 is 10.5 Å². The minimum absolute atomic E-state index is 0.428. The molecule has 0 radical (unpaired) electrons. The van der Waals surface area contributed by atoms with Crippen molar-refractivity contribution >= 4 is 11.0 Å². The summed E-state index contributed by atoms with van der Waals surface area (Å²) in [7, 11) is 3.76. The highest BCUT2D eigenvalue weighted by Gasteiger charge is 2.29. The lowest BCUT2D eigenvalue weighted by Crippen LogP contribution is -2.20. The van der Waals surface area contributed by atoms with Crippen molar-refractivity contribution in [2.75, 3.05) is 27.2 Å². The maximum Gasteiger partial charge on any atom is 0.232 e. The Morgan fingerprint density at radius 2 is 2.25 bits per heavy atom. The summed E-state index contributed by atoms with van der Waals surface area (Å²) in [5.74, 6) is 1.13. The first-order chi connectivity index (χ1) is 9.71. The van der Waals surface area contributed by atoms with E-state index in [4.69, 9.17) is 10.5 Å². The molecule has 1 fully saturated rings. The molecule has 1 aromatic carbocycles. The van der Waals surface area contributed by atoms with Crippen molar-refractivity contribution in [3.63, 3.8) is 0 Å². The van der Waals surface area contributed by atoms with Crippen molar-refractivity contribution in [2.45, 2.75) is 12.5 Å². The maximum atomic E-state index is 5.80. The van der Waals surface area contributed by atoms with Gasteiger partial charge in [0, 0.05) is 12.6 Å². The molecule has 5 nitrogen and oxygen atoms in total. The zero-order valence-corrected chi connectivity index (χ0v) is 11.9. The lowest BCUT2D eigenvalue weighted by molar-refractivity contribution is 0.314. The van der Waals surface area contributed by atoms with Crippen LogP contribution in [0, 0.1) is 5.92 Å². The Bertz CT molecular complexity index is 616. The molecular weight excluding hydrogens is 252 g/mol. The molecule has 20 heavy (non-hydrogen) atoms. The number of methoxy groups -OCH3 is 1. The molecule has 2 N–H and O–H groups in total. The van der Waals surface area contributed by atoms with Crippen molar-refractivity contribution in [1.29, 1.82) is 0 Å². The summed E-state index contributed by atoms with van der Waals surface area (Å²) in [6.07, 6.45) is 2.77. The zero-order valence-electron chi connectivity index (χ0n) is 11.9. The van der Waals surface area contributed by atoms with Gasteiger partial charge in [-0.05, 0) is 43.6 Å². The molecule has 0 spiro atoms. The van der Waals surface area contributed by atoms with E-state index in [1.165, 1.54) is 5.56 Å². The Morgan fingerprint density at radius 3 is 2.95 bits per heavy atom. The first-order valence-corrected chi connectivity index (χ1v) is 6.92. The number of fused-ring (bicyclic) bond motifs is 1. The van der Waals surface area contributed by atoms with E-state index in [2.05, 4.69) is 34.0 Å². The lowest BCUT2D eigenvalue weighted by Gasteiger charge is -2.19. The minimum atomic E-state index is 0.428. The van der Waals surface area contributed by atoms with Gasteiger partial charge in [0.05, 0.1) is 24.3 Å². The number of ether oxygens (including phenoxy) is 1. The van der Waals surface area contributed by atoms with Crippen LogP contribution in [0.25, 0.3) is 11.0 Å². The molecule has 1 aliphatic heterocycles. The molecule has 0 bridgehead atoms. The van der Waals surface area contributed by atoms with Gasteiger partial charge in [-0.1, -0.05) is 6.07 Å². The van der Waals surface area contributed by atoms with Crippen LogP contribution in [0.15, 0.2) is 24.4 Å². The number of aromatic nitrogens is 2. The Balaban J connectivity index is 1.93. The van der Waals surface area contributed by atoms with Gasteiger partial charge >= 0.3 is 0 Å². The van der Waals surface area contributed by atoms with Gasteiger partial charge in [-0.2, -0.15) is 0 Å². The van der Waals surface area contributed by atoms with Crippen LogP contribution in [0.5, 0.6) is 5.88 Å². The van der Waals surface area contributed by atoms with Crippen LogP contribution in [0.1, 0.15) is 18.0 Å². The third-order valence-corrected chi connectivity index (χ3v) is 4.11. The number of hydrogen-bond donors (Lipinski definition) is 1. The van der Waals surface area contributed by atoms with E-state index in [0.717, 1.165) is 30.5 Å². The number of benzene rings is 1. The molecule has 106 valence electrons. The van der Waals surface area contributed by atoms with E-state index in [0.29, 0.717) is 17.8 Å². The first-order valence-electron chi connectivity index (χ1n) is 6.92. The molecule has 0 aliphatic carbocycles. The van der Waals surface area contributed by atoms with Gasteiger partial charge in [0.25, 0.3) is 0 Å². The summed E-state index contributed by atoms with van der Waals surface area (Å²) in [5, 5.41) is 0. The Kier molecular flexibility index (Phi) is 3.54. The molecule has 2 unspecified atom stereocenters. The molecule has 3 rings (SSSR count). The number of nitrogens with two attached hydrogens (primary N) is 1. The average Bonchev–Trinajstić information content (AvgIpc) is 2.87. The van der Waals surface area contributed by atoms with Crippen LogP contribution in [-0.4, -0.2) is 42.1 Å². The van der Waals surface area contributed by atoms with Gasteiger partial charge in [0.1, 0.15) is 0 Å². The summed E-state index contributed by atoms with van der Waals surface area (Å²) in [6, 6.07) is 6.71. The van der Waals surface area contributed by atoms with Gasteiger partial charge in [-0.3, -0.25) is 4.90 Å². The molecule has 1 aromatic heterocycles. The molecule has 1 saturated heterocycles. The molecule has 0 amide bonds. The zero-order chi connectivity index (χ0) is 14.1. The highest BCUT2D eigenvalue weighted by Crippen LogP contribution is 2.34. The Hall–Kier alpha value is -1.72. The number of nitrogens with zero attached hydrogens (tertiary/aromatic N) is 3. The van der Waals surface area contributed by atoms with Gasteiger partial charge in [0.15, 0.2) is 0 Å². The number of rotatable bonds is 3. The van der Waals surface area contributed by atoms with Gasteiger partial charge < -0.3 is 10.5 Å². The fourth-order valence-electron chi connectivity index (χ4n) is 2.98. The van der Waals surface area contributed by atoms with Crippen molar-refractivity contribution in [3.05, 3.63) is 30.0 Å². The predicted molar refractivity (Wildman–Crippen MR) is 78.6 cm³/mol. The van der Waals surface area contributed by atoms with E-state index < -0.39 is 0 Å². The Labute approximate surface area is 118 Å². The van der Waals surface area contributed by atoms with Crippen LogP contribution in [0.2, 0.25) is 0 Å². The molecule has 1 aliphatic rings. The van der Waals surface area contributed by atoms with E-state index in [1.54, 1.807) is 13.3 Å². The predicted octanol–water partition coefficient (Wildman–Crippen LogP) is 1.59. The second kappa shape index (κ2) is 5.34. The largest absolute Gasteiger partial charge is 0.480 e. The van der Waals surface area contributed by atoms with Crippen LogP contribution in [-0.2, 0) is 0 Å². The second-order valence-electron chi connectivity index (χ2n) is 5.45. The fourth-order valence-corrected chi connectivity index (χ4v) is 2.98. The van der Waals surface area contributed by atoms with Gasteiger partial charge in [-0.15, -0.1) is 0 Å². The summed E-state index contributed by atoms with van der Waals surface area (Å²) in [4.78, 5) is 11.2. The van der Waals surface area contributed by atoms with Gasteiger partial charge in [-0.25, -0.2) is 9.97 Å². The molecule has 2 heterocycles. The molecule has 2 atom stereocenters. The highest BCUT2D eigenvalue weighted by molar-refractivity contribution is 5.75.